The Labute approximate surface area is 132 Å². The number of nitrogens with two attached hydrogens (primary N) is 3. The summed E-state index contributed by atoms with van der Waals surface area (Å²) < 4.78 is 0. The zero-order chi connectivity index (χ0) is 17.4. The summed E-state index contributed by atoms with van der Waals surface area (Å²) in [5.41, 5.74) is 17.9. The molecule has 0 aromatic rings. The topological polar surface area (TPSA) is 204 Å². The quantitative estimate of drug-likeness (QED) is 0.0864. The number of guanidine groups is 1. The van der Waals surface area contributed by atoms with Crippen LogP contribution in [0.15, 0.2) is 4.99 Å². The van der Waals surface area contributed by atoms with E-state index in [1.54, 1.807) is 5.43 Å². The zero-order valence-corrected chi connectivity index (χ0v) is 12.5. The number of aliphatic imine (C=N–C) groups is 1. The van der Waals surface area contributed by atoms with Gasteiger partial charge in [0, 0.05) is 19.1 Å². The summed E-state index contributed by atoms with van der Waals surface area (Å²) in [6.45, 7) is 0.668. The molecule has 12 heteroatoms. The molecular formula is C11H22N8O4. The highest BCUT2D eigenvalue weighted by Crippen LogP contribution is 2.06. The second-order valence-electron chi connectivity index (χ2n) is 5.19. The number of carbonyl (C=O) groups is 2. The molecule has 130 valence electrons. The second-order valence-corrected chi connectivity index (χ2v) is 5.19. The van der Waals surface area contributed by atoms with E-state index in [9.17, 15) is 19.7 Å². The zero-order valence-electron chi connectivity index (χ0n) is 12.5. The maximum Gasteiger partial charge on any atom is 0.251 e. The van der Waals surface area contributed by atoms with E-state index in [-0.39, 0.29) is 24.5 Å². The van der Waals surface area contributed by atoms with E-state index < -0.39 is 23.0 Å². The lowest BCUT2D eigenvalue weighted by atomic mass is 10.1. The Balaban J connectivity index is 2.24. The minimum Gasteiger partial charge on any atom is -0.368 e. The normalized spacial score (nSPS) is 22.4. The number of hydrazine groups is 1. The van der Waals surface area contributed by atoms with Crippen LogP contribution in [0.1, 0.15) is 19.3 Å². The smallest absolute Gasteiger partial charge is 0.251 e. The van der Waals surface area contributed by atoms with E-state index in [4.69, 9.17) is 17.2 Å². The lowest BCUT2D eigenvalue weighted by Gasteiger charge is -2.16. The molecule has 12 nitrogen and oxygen atoms in total. The molecule has 0 aromatic carbocycles. The Morgan fingerprint density at radius 1 is 1.43 bits per heavy atom. The fourth-order valence-electron chi connectivity index (χ4n) is 2.14. The molecule has 23 heavy (non-hydrogen) atoms. The second kappa shape index (κ2) is 8.85. The number of hydrogen-bond donors (Lipinski definition) is 6. The maximum atomic E-state index is 11.9. The number of hydrogen-bond acceptors (Lipinski definition) is 7. The van der Waals surface area contributed by atoms with Crippen molar-refractivity contribution in [2.24, 2.45) is 22.2 Å². The first-order valence-electron chi connectivity index (χ1n) is 7.09. The van der Waals surface area contributed by atoms with Gasteiger partial charge in [-0.25, -0.2) is 15.1 Å². The third-order valence-corrected chi connectivity index (χ3v) is 3.32. The highest BCUT2D eigenvalue weighted by atomic mass is 16.7. The molecule has 3 atom stereocenters. The van der Waals surface area contributed by atoms with Gasteiger partial charge in [-0.2, -0.15) is 0 Å². The molecule has 1 rings (SSSR count). The first kappa shape index (κ1) is 18.6. The Morgan fingerprint density at radius 2 is 2.13 bits per heavy atom. The first-order valence-corrected chi connectivity index (χ1v) is 7.09. The van der Waals surface area contributed by atoms with Crippen LogP contribution in [0.3, 0.4) is 0 Å². The van der Waals surface area contributed by atoms with Gasteiger partial charge in [-0.3, -0.25) is 9.59 Å². The summed E-state index contributed by atoms with van der Waals surface area (Å²) >= 11 is 0. The lowest BCUT2D eigenvalue weighted by Crippen LogP contribution is -2.46. The van der Waals surface area contributed by atoms with Crippen LogP contribution in [0.2, 0.25) is 0 Å². The van der Waals surface area contributed by atoms with Crippen molar-refractivity contribution in [3.63, 3.8) is 0 Å². The van der Waals surface area contributed by atoms with Gasteiger partial charge in [-0.15, -0.1) is 0 Å². The summed E-state index contributed by atoms with van der Waals surface area (Å²) in [6, 6.07) is -1.37. The van der Waals surface area contributed by atoms with Crippen LogP contribution in [0.25, 0.3) is 0 Å². The van der Waals surface area contributed by atoms with Gasteiger partial charge in [0.05, 0.1) is 12.1 Å². The number of nitro groups is 1. The molecule has 1 aliphatic heterocycles. The number of primary amides is 1. The molecule has 9 N–H and O–H groups in total. The van der Waals surface area contributed by atoms with Gasteiger partial charge in [-0.05, 0) is 19.3 Å². The molecule has 0 aliphatic carbocycles. The van der Waals surface area contributed by atoms with Crippen molar-refractivity contribution in [2.45, 2.75) is 37.4 Å². The molecule has 1 aliphatic rings. The SMILES string of the molecule is NC(=O)C1CC(NC(=O)[C@@H](N)CCCN=C(N)N[N+](=O)[O-])CN1. The third-order valence-electron chi connectivity index (χ3n) is 3.32. The van der Waals surface area contributed by atoms with Gasteiger partial charge < -0.3 is 27.8 Å². The van der Waals surface area contributed by atoms with E-state index in [2.05, 4.69) is 15.6 Å². The summed E-state index contributed by atoms with van der Waals surface area (Å²) in [4.78, 5) is 36.7. The highest BCUT2D eigenvalue weighted by molar-refractivity contribution is 5.83. The van der Waals surface area contributed by atoms with Crippen LogP contribution in [0.5, 0.6) is 0 Å². The summed E-state index contributed by atoms with van der Waals surface area (Å²) in [6.07, 6.45) is 1.23. The third kappa shape index (κ3) is 6.88. The van der Waals surface area contributed by atoms with Gasteiger partial charge in [0.25, 0.3) is 5.96 Å². The summed E-state index contributed by atoms with van der Waals surface area (Å²) in [7, 11) is 0. The summed E-state index contributed by atoms with van der Waals surface area (Å²) in [5, 5.41) is 14.9. The minimum absolute atomic E-state index is 0.191. The fraction of sp³-hybridized carbons (Fsp3) is 0.727. The van der Waals surface area contributed by atoms with Crippen molar-refractivity contribution in [2.75, 3.05) is 13.1 Å². The number of amides is 2. The van der Waals surface area contributed by atoms with Crippen LogP contribution in [0, 0.1) is 10.1 Å². The van der Waals surface area contributed by atoms with Crippen molar-refractivity contribution in [3.05, 3.63) is 10.1 Å². The number of carbonyl (C=O) groups excluding carboxylic acids is 2. The molecule has 0 spiro atoms. The van der Waals surface area contributed by atoms with Gasteiger partial charge in [0.15, 0.2) is 5.03 Å². The predicted octanol–water partition coefficient (Wildman–Crippen LogP) is -3.48. The highest BCUT2D eigenvalue weighted by Gasteiger charge is 2.29. The Hall–Kier alpha value is -2.47. The largest absolute Gasteiger partial charge is 0.368 e. The molecular weight excluding hydrogens is 308 g/mol. The van der Waals surface area contributed by atoms with E-state index in [0.29, 0.717) is 25.8 Å². The maximum absolute atomic E-state index is 11.9. The van der Waals surface area contributed by atoms with Gasteiger partial charge >= 0.3 is 0 Å². The van der Waals surface area contributed by atoms with Crippen molar-refractivity contribution in [1.82, 2.24) is 16.1 Å². The lowest BCUT2D eigenvalue weighted by molar-refractivity contribution is -0.525. The molecule has 2 unspecified atom stereocenters. The molecule has 2 amide bonds. The van der Waals surface area contributed by atoms with E-state index in [1.165, 1.54) is 0 Å². The van der Waals surface area contributed by atoms with E-state index in [1.807, 2.05) is 0 Å². The Bertz CT molecular complexity index is 483. The van der Waals surface area contributed by atoms with Gasteiger partial charge in [0.1, 0.15) is 0 Å². The van der Waals surface area contributed by atoms with Gasteiger partial charge in [0.2, 0.25) is 11.8 Å². The molecule has 0 aromatic heterocycles. The average molecular weight is 330 g/mol. The minimum atomic E-state index is -0.812. The first-order chi connectivity index (χ1) is 10.8. The number of rotatable bonds is 8. The van der Waals surface area contributed by atoms with Crippen molar-refractivity contribution < 1.29 is 14.6 Å². The van der Waals surface area contributed by atoms with Crippen molar-refractivity contribution >= 4 is 17.8 Å². The van der Waals surface area contributed by atoms with Crippen LogP contribution in [0.4, 0.5) is 0 Å². The average Bonchev–Trinajstić information content (AvgIpc) is 2.91. The molecule has 1 heterocycles. The fourth-order valence-corrected chi connectivity index (χ4v) is 2.14. The van der Waals surface area contributed by atoms with Crippen LogP contribution < -0.4 is 33.3 Å². The molecule has 1 saturated heterocycles. The summed E-state index contributed by atoms with van der Waals surface area (Å²) in [5.74, 6) is -1.09. The number of nitrogens with zero attached hydrogens (tertiary/aromatic N) is 2. The van der Waals surface area contributed by atoms with Gasteiger partial charge in [-0.1, -0.05) is 5.43 Å². The Morgan fingerprint density at radius 3 is 2.70 bits per heavy atom. The van der Waals surface area contributed by atoms with E-state index in [0.717, 1.165) is 0 Å². The predicted molar refractivity (Wildman–Crippen MR) is 81.4 cm³/mol. The van der Waals surface area contributed by atoms with Crippen molar-refractivity contribution in [3.8, 4) is 0 Å². The number of nitrogens with one attached hydrogen (secondary N) is 3. The van der Waals surface area contributed by atoms with Crippen molar-refractivity contribution in [1.29, 1.82) is 0 Å². The molecule has 0 radical (unpaired) electrons. The monoisotopic (exact) mass is 330 g/mol. The van der Waals surface area contributed by atoms with Crippen LogP contribution >= 0.6 is 0 Å². The van der Waals surface area contributed by atoms with Crippen LogP contribution in [-0.4, -0.2) is 54.0 Å². The standard InChI is InChI=1S/C11H22N8O4/c12-7(2-1-3-15-11(14)18-19(22)23)10(21)17-6-4-8(9(13)20)16-5-6/h6-8,16H,1-5,12H2,(H2,13,20)(H,17,21)(H3,14,15,18)/t6?,7-,8?/m0/s1. The molecule has 0 bridgehead atoms. The molecule has 0 saturated carbocycles. The van der Waals surface area contributed by atoms with Crippen LogP contribution in [-0.2, 0) is 9.59 Å². The van der Waals surface area contributed by atoms with E-state index >= 15 is 0 Å². The molecule has 1 fully saturated rings. The Kier molecular flexibility index (Phi) is 7.15.